The maximum absolute atomic E-state index is 13.6. The molecule has 6 fully saturated rings. The zero-order valence-corrected chi connectivity index (χ0v) is 72.8. The second-order valence-corrected chi connectivity index (χ2v) is 34.2. The molecule has 0 aromatic heterocycles. The molecule has 33 atom stereocenters. The largest absolute Gasteiger partial charge is 0.477 e. The van der Waals surface area contributed by atoms with Gasteiger partial charge in [0.1, 0.15) is 140 Å². The maximum atomic E-state index is 13.6. The molecule has 23 N–H and O–H groups in total. The number of hydrogen-bond donors (Lipinski definition) is 23. The van der Waals surface area contributed by atoms with Crippen LogP contribution in [0.3, 0.4) is 0 Å². The number of aliphatic carboxylic acids is 1. The normalized spacial score (nSPS) is 35.2. The van der Waals surface area contributed by atoms with Crippen molar-refractivity contribution in [2.75, 3.05) is 46.2 Å². The molecule has 6 rings (SSSR count). The molecule has 3 amide bonds. The average molecular weight is 1790 g/mol. The third-order valence-corrected chi connectivity index (χ3v) is 24.2. The van der Waals surface area contributed by atoms with Crippen molar-refractivity contribution in [1.82, 2.24) is 16.0 Å². The Morgan fingerprint density at radius 1 is 0.419 bits per heavy atom. The maximum Gasteiger partial charge on any atom is 0.364 e. The van der Waals surface area contributed by atoms with E-state index in [4.69, 9.17) is 56.8 Å². The molecule has 0 aromatic carbocycles. The fraction of sp³-hybridized carbons (Fsp3) is 0.929. The summed E-state index contributed by atoms with van der Waals surface area (Å²) in [7, 11) is 0. The number of aliphatic hydroxyl groups excluding tert-OH is 19. The highest BCUT2D eigenvalue weighted by Crippen LogP contribution is 2.41. The Bertz CT molecular complexity index is 2950. The number of carboxylic acids is 1. The molecule has 6 aliphatic heterocycles. The van der Waals surface area contributed by atoms with Gasteiger partial charge in [-0.25, -0.2) is 4.79 Å². The minimum absolute atomic E-state index is 0.163. The molecule has 12 unspecified atom stereocenters. The van der Waals surface area contributed by atoms with Crippen LogP contribution in [0.2, 0.25) is 0 Å². The van der Waals surface area contributed by atoms with Gasteiger partial charge in [0.15, 0.2) is 31.5 Å². The van der Waals surface area contributed by atoms with Gasteiger partial charge < -0.3 is 175 Å². The van der Waals surface area contributed by atoms with Crippen LogP contribution in [0, 0.1) is 0 Å². The third-order valence-electron chi connectivity index (χ3n) is 24.2. The number of hydrogen-bond acceptors (Lipinski definition) is 35. The van der Waals surface area contributed by atoms with Gasteiger partial charge in [0.2, 0.25) is 17.7 Å². The molecule has 6 saturated heterocycles. The highest BCUT2D eigenvalue weighted by Gasteiger charge is 2.62. The Morgan fingerprint density at radius 3 is 1.19 bits per heavy atom. The minimum Gasteiger partial charge on any atom is -0.477 e. The summed E-state index contributed by atoms with van der Waals surface area (Å²) in [5.74, 6) is -7.43. The summed E-state index contributed by atoms with van der Waals surface area (Å²) in [5.41, 5.74) is 0. The SMILES string of the molecule is CCCCCCCCCCCCC/C=C/[C@@H](O)[C@H](CO[C@@H]1OC(CO)[C@@H](O[C@@H]2OC(CO)[C@H](O)[C@H](O[C@@H]3OC(CO)[C@@H](O[C@@H]4OC(CO)[C@H](O)[C@H](O[C@@H]5OC(CO)[C@H](O)[C@H](O[C@]6(C(=O)O)CC(O)[C@@H](NC(C)=O)C([C@H](O)[C@H](O)CO)O6)C5O)C4O)[C@H](O)C3NC(C)=O)C2O)[C@H](O)C1O)NC(=O)CCCCCCCCCCCCCCCCCCCCCCC. The van der Waals surface area contributed by atoms with Crippen molar-refractivity contribution >= 4 is 23.7 Å². The molecule has 0 aliphatic carbocycles. The Balaban J connectivity index is 1.08. The third kappa shape index (κ3) is 33.6. The molecule has 724 valence electrons. The van der Waals surface area contributed by atoms with Crippen molar-refractivity contribution in [3.8, 4) is 0 Å². The zero-order chi connectivity index (χ0) is 91.0. The van der Waals surface area contributed by atoms with E-state index in [0.717, 1.165) is 65.2 Å². The molecule has 0 aromatic rings. The van der Waals surface area contributed by atoms with Crippen molar-refractivity contribution in [3.05, 3.63) is 12.2 Å². The average Bonchev–Trinajstić information content (AvgIpc) is 0.661. The molecule has 6 aliphatic rings. The lowest BCUT2D eigenvalue weighted by molar-refractivity contribution is -0.395. The van der Waals surface area contributed by atoms with Crippen LogP contribution in [0.5, 0.6) is 0 Å². The van der Waals surface area contributed by atoms with Crippen LogP contribution in [-0.2, 0) is 76.0 Å². The Hall–Kier alpha value is -3.62. The summed E-state index contributed by atoms with van der Waals surface area (Å²) in [6, 6.07) is -4.67. The second kappa shape index (κ2) is 58.3. The van der Waals surface area contributed by atoms with E-state index in [-0.39, 0.29) is 12.3 Å². The first-order chi connectivity index (χ1) is 59.5. The van der Waals surface area contributed by atoms with Crippen molar-refractivity contribution in [1.29, 1.82) is 0 Å². The number of carboxylic acid groups (broad SMARTS) is 1. The summed E-state index contributed by atoms with van der Waals surface area (Å²) in [5, 5.41) is 231. The number of rotatable bonds is 61. The van der Waals surface area contributed by atoms with Gasteiger partial charge in [-0.1, -0.05) is 219 Å². The summed E-state index contributed by atoms with van der Waals surface area (Å²) in [4.78, 5) is 51.9. The van der Waals surface area contributed by atoms with Crippen LogP contribution >= 0.6 is 0 Å². The number of carbonyl (C=O) groups excluding carboxylic acids is 3. The highest BCUT2D eigenvalue weighted by molar-refractivity contribution is 5.77. The van der Waals surface area contributed by atoms with E-state index in [1.165, 1.54) is 148 Å². The van der Waals surface area contributed by atoms with Crippen LogP contribution in [0.25, 0.3) is 0 Å². The van der Waals surface area contributed by atoms with Crippen molar-refractivity contribution in [2.45, 2.75) is 454 Å². The topological polar surface area (TPSA) is 620 Å². The van der Waals surface area contributed by atoms with Crippen molar-refractivity contribution in [3.63, 3.8) is 0 Å². The standard InChI is InChI=1S/C85H153N3O36/c1-5-7-9-11-13-15-17-19-20-21-22-23-24-25-26-28-30-32-34-36-38-40-60(100)88-51(52(97)39-37-35-33-31-29-27-18-16-14-12-10-8-6-2)48-113-80-69(107)68(106)74(59(47-94)118-80)120-82-70(108)76(64(102)55(43-90)115-82)121-79-62(87-50(4)96)67(105)73(58(46-93)117-79)119-81-71(109)77(65(103)56(44-91)114-81)122-83-72(110)78(66(104)57(45-92)116-83)124-85(84(111)112)41-53(98)61(86-49(3)95)75(123-85)63(101)54(99)42-89/h37,39,51-59,61-83,89-94,97-99,101-110H,5-36,38,40-48H2,1-4H3,(H,86,95)(H,87,96)(H,88,100)(H,111,112)/b39-37+/t51-,52+,53?,54+,55?,56?,57?,58?,59?,61+,62?,63+,64-,65-,66-,67+,68+,69?,70?,71?,72?,73+,74+,75?,76-,77-,78-,79-,80+,81-,82-,83-,85-/m0/s1. The molecule has 124 heavy (non-hydrogen) atoms. The van der Waals surface area contributed by atoms with Gasteiger partial charge >= 0.3 is 5.97 Å². The van der Waals surface area contributed by atoms with E-state index >= 15 is 0 Å². The quantitative estimate of drug-likeness (QED) is 0.0260. The van der Waals surface area contributed by atoms with E-state index in [9.17, 15) is 121 Å². The molecule has 39 nitrogen and oxygen atoms in total. The van der Waals surface area contributed by atoms with Crippen LogP contribution in [-0.4, -0.2) is 374 Å². The number of allylic oxidation sites excluding steroid dienone is 1. The number of amides is 3. The number of aliphatic hydroxyl groups is 19. The van der Waals surface area contributed by atoms with Gasteiger partial charge in [0.05, 0.1) is 70.5 Å². The fourth-order valence-electron chi connectivity index (χ4n) is 16.9. The first-order valence-electron chi connectivity index (χ1n) is 45.6. The fourth-order valence-corrected chi connectivity index (χ4v) is 16.9. The lowest BCUT2D eigenvalue weighted by Gasteiger charge is -2.51. The van der Waals surface area contributed by atoms with E-state index in [1.54, 1.807) is 6.08 Å². The van der Waals surface area contributed by atoms with Crippen LogP contribution in [0.15, 0.2) is 12.2 Å². The summed E-state index contributed by atoms with van der Waals surface area (Å²) < 4.78 is 70.5. The van der Waals surface area contributed by atoms with E-state index in [0.29, 0.717) is 12.8 Å². The lowest BCUT2D eigenvalue weighted by atomic mass is 9.88. The first kappa shape index (κ1) is 109. The molecule has 39 heteroatoms. The summed E-state index contributed by atoms with van der Waals surface area (Å²) in [6.07, 6.45) is -18.0. The van der Waals surface area contributed by atoms with Crippen molar-refractivity contribution in [2.24, 2.45) is 0 Å². The van der Waals surface area contributed by atoms with Crippen LogP contribution in [0.1, 0.15) is 252 Å². The van der Waals surface area contributed by atoms with Crippen LogP contribution < -0.4 is 16.0 Å². The smallest absolute Gasteiger partial charge is 0.364 e. The molecular formula is C85H153N3O36. The zero-order valence-electron chi connectivity index (χ0n) is 72.8. The molecule has 0 spiro atoms. The van der Waals surface area contributed by atoms with Gasteiger partial charge in [-0.05, 0) is 19.3 Å². The number of nitrogens with one attached hydrogen (secondary N) is 3. The minimum atomic E-state index is -3.23. The molecule has 0 bridgehead atoms. The first-order valence-corrected chi connectivity index (χ1v) is 45.6. The molecule has 6 heterocycles. The number of unbranched alkanes of at least 4 members (excludes halogenated alkanes) is 31. The Morgan fingerprint density at radius 2 is 0.782 bits per heavy atom. The predicted octanol–water partition coefficient (Wildman–Crippen LogP) is -0.878. The Labute approximate surface area is 727 Å². The van der Waals surface area contributed by atoms with Crippen molar-refractivity contribution < 1.29 is 178 Å². The molecule has 0 saturated carbocycles. The van der Waals surface area contributed by atoms with E-state index < -0.39 is 272 Å². The van der Waals surface area contributed by atoms with E-state index in [1.807, 2.05) is 6.08 Å². The van der Waals surface area contributed by atoms with Gasteiger partial charge in [0, 0.05) is 26.7 Å². The lowest BCUT2D eigenvalue weighted by Crippen LogP contribution is -2.71. The summed E-state index contributed by atoms with van der Waals surface area (Å²) in [6.45, 7) is -0.602. The highest BCUT2D eigenvalue weighted by atomic mass is 16.8. The number of carbonyl (C=O) groups is 4. The van der Waals surface area contributed by atoms with E-state index in [2.05, 4.69) is 29.8 Å². The number of ether oxygens (including phenoxy) is 12. The Kier molecular flexibility index (Phi) is 51.3. The van der Waals surface area contributed by atoms with Gasteiger partial charge in [-0.15, -0.1) is 0 Å². The predicted molar refractivity (Wildman–Crippen MR) is 439 cm³/mol. The van der Waals surface area contributed by atoms with Gasteiger partial charge in [-0.2, -0.15) is 0 Å². The molecule has 0 radical (unpaired) electrons. The molecular weight excluding hydrogens is 1640 g/mol. The monoisotopic (exact) mass is 1790 g/mol. The van der Waals surface area contributed by atoms with Gasteiger partial charge in [0.25, 0.3) is 5.79 Å². The second-order valence-electron chi connectivity index (χ2n) is 34.2. The summed E-state index contributed by atoms with van der Waals surface area (Å²) >= 11 is 0. The van der Waals surface area contributed by atoms with Gasteiger partial charge in [-0.3, -0.25) is 14.4 Å². The van der Waals surface area contributed by atoms with Crippen LogP contribution in [0.4, 0.5) is 0 Å².